The van der Waals surface area contributed by atoms with Gasteiger partial charge in [0.05, 0.1) is 18.8 Å². The summed E-state index contributed by atoms with van der Waals surface area (Å²) < 4.78 is 3.97. The monoisotopic (exact) mass is 274 g/mol. The summed E-state index contributed by atoms with van der Waals surface area (Å²) in [5.41, 5.74) is 2.37. The molecule has 0 unspecified atom stereocenters. The van der Waals surface area contributed by atoms with E-state index in [1.165, 1.54) is 5.69 Å². The summed E-state index contributed by atoms with van der Waals surface area (Å²) in [7, 11) is 7.82. The highest BCUT2D eigenvalue weighted by Gasteiger charge is 2.08. The number of hydrogen-bond donors (Lipinski definition) is 1. The van der Waals surface area contributed by atoms with Crippen molar-refractivity contribution in [1.82, 2.24) is 24.6 Å². The van der Waals surface area contributed by atoms with Crippen LogP contribution >= 0.6 is 0 Å². The molecule has 0 spiro atoms. The van der Waals surface area contributed by atoms with Crippen LogP contribution in [0.25, 0.3) is 0 Å². The van der Waals surface area contributed by atoms with Crippen LogP contribution < -0.4 is 5.32 Å². The van der Waals surface area contributed by atoms with Gasteiger partial charge in [-0.1, -0.05) is 0 Å². The second-order valence-electron chi connectivity index (χ2n) is 4.81. The molecule has 2 aromatic rings. The van der Waals surface area contributed by atoms with Crippen LogP contribution in [0.2, 0.25) is 0 Å². The molecule has 0 saturated carbocycles. The molecule has 6 nitrogen and oxygen atoms in total. The molecule has 0 aromatic carbocycles. The molecule has 0 fully saturated rings. The van der Waals surface area contributed by atoms with Crippen LogP contribution in [0, 0.1) is 0 Å². The SMILES string of the molecule is CN=C(NCc1ccnn1C)N(C)Cc1cccn1C. The number of hydrogen-bond acceptors (Lipinski definition) is 2. The number of rotatable bonds is 4. The number of aromatic nitrogens is 3. The average Bonchev–Trinajstić information content (AvgIpc) is 3.00. The summed E-state index contributed by atoms with van der Waals surface area (Å²) in [5, 5.41) is 7.51. The first-order valence-corrected chi connectivity index (χ1v) is 6.60. The molecule has 0 radical (unpaired) electrons. The molecule has 0 aliphatic heterocycles. The lowest BCUT2D eigenvalue weighted by molar-refractivity contribution is 0.460. The van der Waals surface area contributed by atoms with Crippen LogP contribution in [-0.2, 0) is 27.2 Å². The van der Waals surface area contributed by atoms with Crippen LogP contribution in [0.15, 0.2) is 35.6 Å². The van der Waals surface area contributed by atoms with Crippen LogP contribution in [0.3, 0.4) is 0 Å². The van der Waals surface area contributed by atoms with Crippen molar-refractivity contribution in [3.8, 4) is 0 Å². The Labute approximate surface area is 119 Å². The molecule has 20 heavy (non-hydrogen) atoms. The van der Waals surface area contributed by atoms with E-state index >= 15 is 0 Å². The van der Waals surface area contributed by atoms with E-state index in [-0.39, 0.29) is 0 Å². The van der Waals surface area contributed by atoms with Gasteiger partial charge in [0.25, 0.3) is 0 Å². The third-order valence-corrected chi connectivity index (χ3v) is 3.37. The Bertz CT molecular complexity index is 580. The first-order valence-electron chi connectivity index (χ1n) is 6.60. The Morgan fingerprint density at radius 3 is 2.70 bits per heavy atom. The van der Waals surface area contributed by atoms with Gasteiger partial charge in [-0.2, -0.15) is 5.10 Å². The van der Waals surface area contributed by atoms with E-state index in [4.69, 9.17) is 0 Å². The van der Waals surface area contributed by atoms with E-state index in [0.717, 1.165) is 18.2 Å². The normalized spacial score (nSPS) is 11.7. The van der Waals surface area contributed by atoms with Crippen LogP contribution in [0.1, 0.15) is 11.4 Å². The molecule has 2 heterocycles. The summed E-state index contributed by atoms with van der Waals surface area (Å²) in [6, 6.07) is 6.16. The zero-order chi connectivity index (χ0) is 14.5. The Hall–Kier alpha value is -2.24. The van der Waals surface area contributed by atoms with Crippen LogP contribution in [0.5, 0.6) is 0 Å². The molecular formula is C14H22N6. The van der Waals surface area contributed by atoms with Gasteiger partial charge in [-0.15, -0.1) is 0 Å². The Morgan fingerprint density at radius 1 is 1.35 bits per heavy atom. The second-order valence-corrected chi connectivity index (χ2v) is 4.81. The van der Waals surface area contributed by atoms with Gasteiger partial charge in [0, 0.05) is 46.3 Å². The number of nitrogens with zero attached hydrogens (tertiary/aromatic N) is 5. The maximum atomic E-state index is 4.32. The van der Waals surface area contributed by atoms with Crippen molar-refractivity contribution in [3.63, 3.8) is 0 Å². The van der Waals surface area contributed by atoms with Gasteiger partial charge in [-0.3, -0.25) is 9.67 Å². The van der Waals surface area contributed by atoms with Gasteiger partial charge in [0.1, 0.15) is 0 Å². The standard InChI is InChI=1S/C14H22N6/c1-15-14(16-10-12-7-8-17-20(12)4)19(3)11-13-6-5-9-18(13)2/h5-9H,10-11H2,1-4H3,(H,15,16). The Balaban J connectivity index is 1.95. The second kappa shape index (κ2) is 6.27. The van der Waals surface area contributed by atoms with Gasteiger partial charge in [-0.25, -0.2) is 0 Å². The zero-order valence-electron chi connectivity index (χ0n) is 12.5. The van der Waals surface area contributed by atoms with Crippen molar-refractivity contribution >= 4 is 5.96 Å². The summed E-state index contributed by atoms with van der Waals surface area (Å²) in [5.74, 6) is 0.868. The largest absolute Gasteiger partial charge is 0.353 e. The van der Waals surface area contributed by atoms with Crippen molar-refractivity contribution in [2.75, 3.05) is 14.1 Å². The lowest BCUT2D eigenvalue weighted by Crippen LogP contribution is -2.38. The fraction of sp³-hybridized carbons (Fsp3) is 0.429. The number of aliphatic imine (C=N–C) groups is 1. The molecule has 1 N–H and O–H groups in total. The third-order valence-electron chi connectivity index (χ3n) is 3.37. The molecule has 108 valence electrons. The summed E-state index contributed by atoms with van der Waals surface area (Å²) in [4.78, 5) is 6.42. The highest BCUT2D eigenvalue weighted by atomic mass is 15.3. The molecule has 0 bridgehead atoms. The minimum atomic E-state index is 0.709. The molecule has 0 amide bonds. The first kappa shape index (κ1) is 14.2. The number of aryl methyl sites for hydroxylation is 2. The molecule has 0 saturated heterocycles. The minimum absolute atomic E-state index is 0.709. The molecule has 0 aliphatic carbocycles. The topological polar surface area (TPSA) is 50.4 Å². The Morgan fingerprint density at radius 2 is 2.15 bits per heavy atom. The van der Waals surface area contributed by atoms with Gasteiger partial charge in [-0.05, 0) is 18.2 Å². The highest BCUT2D eigenvalue weighted by Crippen LogP contribution is 2.04. The molecular weight excluding hydrogens is 252 g/mol. The lowest BCUT2D eigenvalue weighted by atomic mass is 10.4. The fourth-order valence-electron chi connectivity index (χ4n) is 2.11. The van der Waals surface area contributed by atoms with E-state index in [9.17, 15) is 0 Å². The smallest absolute Gasteiger partial charge is 0.194 e. The van der Waals surface area contributed by atoms with E-state index in [1.54, 1.807) is 13.2 Å². The average molecular weight is 274 g/mol. The predicted octanol–water partition coefficient (Wildman–Crippen LogP) is 0.966. The molecule has 6 heteroatoms. The summed E-state index contributed by atoms with van der Waals surface area (Å²) in [6.07, 6.45) is 3.85. The maximum Gasteiger partial charge on any atom is 0.194 e. The molecule has 0 atom stereocenters. The van der Waals surface area contributed by atoms with Gasteiger partial charge < -0.3 is 14.8 Å². The van der Waals surface area contributed by atoms with Crippen molar-refractivity contribution in [3.05, 3.63) is 42.0 Å². The summed E-state index contributed by atoms with van der Waals surface area (Å²) in [6.45, 7) is 1.52. The Kier molecular flexibility index (Phi) is 4.45. The van der Waals surface area contributed by atoms with Gasteiger partial charge in [0.15, 0.2) is 5.96 Å². The van der Waals surface area contributed by atoms with Crippen molar-refractivity contribution in [2.45, 2.75) is 13.1 Å². The fourth-order valence-corrected chi connectivity index (χ4v) is 2.11. The molecule has 0 aliphatic rings. The molecule has 2 rings (SSSR count). The number of guanidine groups is 1. The van der Waals surface area contributed by atoms with Crippen molar-refractivity contribution in [1.29, 1.82) is 0 Å². The van der Waals surface area contributed by atoms with Crippen molar-refractivity contribution in [2.24, 2.45) is 19.1 Å². The quantitative estimate of drug-likeness (QED) is 0.667. The third kappa shape index (κ3) is 3.20. The highest BCUT2D eigenvalue weighted by molar-refractivity contribution is 5.79. The zero-order valence-corrected chi connectivity index (χ0v) is 12.5. The van der Waals surface area contributed by atoms with E-state index in [0.29, 0.717) is 6.54 Å². The molecule has 2 aromatic heterocycles. The van der Waals surface area contributed by atoms with Gasteiger partial charge in [0.2, 0.25) is 0 Å². The lowest BCUT2D eigenvalue weighted by Gasteiger charge is -2.22. The van der Waals surface area contributed by atoms with Gasteiger partial charge >= 0.3 is 0 Å². The minimum Gasteiger partial charge on any atom is -0.353 e. The maximum absolute atomic E-state index is 4.32. The summed E-state index contributed by atoms with van der Waals surface area (Å²) >= 11 is 0. The predicted molar refractivity (Wildman–Crippen MR) is 80.3 cm³/mol. The van der Waals surface area contributed by atoms with E-state index in [2.05, 4.69) is 50.3 Å². The van der Waals surface area contributed by atoms with E-state index in [1.807, 2.05) is 24.8 Å². The van der Waals surface area contributed by atoms with Crippen LogP contribution in [-0.4, -0.2) is 39.3 Å². The van der Waals surface area contributed by atoms with Crippen molar-refractivity contribution < 1.29 is 0 Å². The van der Waals surface area contributed by atoms with E-state index < -0.39 is 0 Å². The van der Waals surface area contributed by atoms with Crippen LogP contribution in [0.4, 0.5) is 0 Å². The first-order chi connectivity index (χ1) is 9.61. The number of nitrogens with one attached hydrogen (secondary N) is 1.